The first-order valence-electron chi connectivity index (χ1n) is 3.14. The van der Waals surface area contributed by atoms with Crippen LogP contribution in [0.4, 0.5) is 0 Å². The van der Waals surface area contributed by atoms with Crippen molar-refractivity contribution in [3.8, 4) is 0 Å². The lowest BCUT2D eigenvalue weighted by Gasteiger charge is -1.98. The Hall–Kier alpha value is -0.470. The van der Waals surface area contributed by atoms with E-state index in [1.54, 1.807) is 6.07 Å². The van der Waals surface area contributed by atoms with Crippen LogP contribution in [0, 0.1) is 6.92 Å². The quantitative estimate of drug-likeness (QED) is 0.671. The van der Waals surface area contributed by atoms with E-state index < -0.39 is 0 Å². The summed E-state index contributed by atoms with van der Waals surface area (Å²) < 4.78 is 0. The van der Waals surface area contributed by atoms with Crippen LogP contribution in [0.3, 0.4) is 0 Å². The molecule has 0 radical (unpaired) electrons. The third-order valence-corrected chi connectivity index (χ3v) is 2.22. The molecule has 0 unspecified atom stereocenters. The second-order valence-electron chi connectivity index (χ2n) is 2.18. The fourth-order valence-corrected chi connectivity index (χ4v) is 1.40. The molecule has 58 valence electrons. The monoisotopic (exact) mass is 186 g/mol. The zero-order valence-corrected chi connectivity index (χ0v) is 7.58. The van der Waals surface area contributed by atoms with Crippen molar-refractivity contribution in [1.82, 2.24) is 0 Å². The minimum atomic E-state index is -0.0928. The standard InChI is InChI=1S/C8H7ClOS/c1-6-4-2-3-5-7(6)8(10)11-9/h2-5H,1H3. The van der Waals surface area contributed by atoms with Crippen molar-refractivity contribution in [2.45, 2.75) is 6.92 Å². The first kappa shape index (κ1) is 8.62. The molecule has 0 aliphatic heterocycles. The van der Waals surface area contributed by atoms with Gasteiger partial charge in [-0.1, -0.05) is 24.3 Å². The van der Waals surface area contributed by atoms with Crippen LogP contribution < -0.4 is 0 Å². The lowest BCUT2D eigenvalue weighted by Crippen LogP contribution is -1.93. The second kappa shape index (κ2) is 3.79. The third kappa shape index (κ3) is 1.98. The summed E-state index contributed by atoms with van der Waals surface area (Å²) in [7, 11) is 6.05. The Morgan fingerprint density at radius 3 is 2.64 bits per heavy atom. The Bertz CT molecular complexity index is 273. The van der Waals surface area contributed by atoms with Gasteiger partial charge in [-0.15, -0.1) is 0 Å². The maximum atomic E-state index is 11.1. The van der Waals surface area contributed by atoms with E-state index in [1.807, 2.05) is 25.1 Å². The van der Waals surface area contributed by atoms with E-state index in [-0.39, 0.29) is 5.12 Å². The first-order valence-corrected chi connectivity index (χ1v) is 4.78. The highest BCUT2D eigenvalue weighted by molar-refractivity contribution is 8.33. The third-order valence-electron chi connectivity index (χ3n) is 1.44. The molecule has 0 bridgehead atoms. The number of halogens is 1. The number of carbonyl (C=O) groups excluding carboxylic acids is 1. The second-order valence-corrected chi connectivity index (χ2v) is 3.17. The SMILES string of the molecule is Cc1ccccc1C(=O)SCl. The summed E-state index contributed by atoms with van der Waals surface area (Å²) in [4.78, 5) is 11.1. The molecule has 1 rings (SSSR count). The lowest BCUT2D eigenvalue weighted by atomic mass is 10.1. The number of aryl methyl sites for hydroxylation is 1. The Kier molecular flexibility index (Phi) is 2.97. The molecule has 0 atom stereocenters. The van der Waals surface area contributed by atoms with Gasteiger partial charge in [0.05, 0.1) is 0 Å². The van der Waals surface area contributed by atoms with Crippen molar-refractivity contribution in [3.05, 3.63) is 35.4 Å². The fraction of sp³-hybridized carbons (Fsp3) is 0.125. The molecule has 0 saturated carbocycles. The molecule has 0 N–H and O–H groups in total. The Morgan fingerprint density at radius 1 is 1.45 bits per heavy atom. The van der Waals surface area contributed by atoms with Gasteiger partial charge in [0.2, 0.25) is 5.12 Å². The molecule has 0 amide bonds. The van der Waals surface area contributed by atoms with E-state index in [1.165, 1.54) is 0 Å². The summed E-state index contributed by atoms with van der Waals surface area (Å²) in [6.07, 6.45) is 0. The number of rotatable bonds is 1. The molecule has 3 heteroatoms. The number of hydrogen-bond donors (Lipinski definition) is 0. The first-order chi connectivity index (χ1) is 5.25. The number of carbonyl (C=O) groups is 1. The summed E-state index contributed by atoms with van der Waals surface area (Å²) in [6, 6.07) is 7.38. The van der Waals surface area contributed by atoms with Gasteiger partial charge in [0.1, 0.15) is 0 Å². The van der Waals surface area contributed by atoms with Gasteiger partial charge in [-0.05, 0) is 23.2 Å². The van der Waals surface area contributed by atoms with Crippen LogP contribution in [0.25, 0.3) is 0 Å². The van der Waals surface area contributed by atoms with Crippen molar-refractivity contribution in [3.63, 3.8) is 0 Å². The molecular weight excluding hydrogens is 180 g/mol. The molecule has 1 aromatic carbocycles. The van der Waals surface area contributed by atoms with Crippen molar-refractivity contribution >= 4 is 26.8 Å². The molecule has 0 heterocycles. The van der Waals surface area contributed by atoms with E-state index in [2.05, 4.69) is 0 Å². The summed E-state index contributed by atoms with van der Waals surface area (Å²) >= 11 is 0. The minimum absolute atomic E-state index is 0.0928. The Labute approximate surface area is 74.3 Å². The molecule has 0 fully saturated rings. The van der Waals surface area contributed by atoms with Crippen molar-refractivity contribution < 1.29 is 4.79 Å². The highest BCUT2D eigenvalue weighted by Gasteiger charge is 2.06. The van der Waals surface area contributed by atoms with Crippen LogP contribution in [0.15, 0.2) is 24.3 Å². The molecule has 0 aliphatic carbocycles. The van der Waals surface area contributed by atoms with Crippen molar-refractivity contribution in [2.24, 2.45) is 0 Å². The van der Waals surface area contributed by atoms with Gasteiger partial charge >= 0.3 is 0 Å². The van der Waals surface area contributed by atoms with Crippen LogP contribution in [0.2, 0.25) is 0 Å². The topological polar surface area (TPSA) is 17.1 Å². The minimum Gasteiger partial charge on any atom is -0.280 e. The largest absolute Gasteiger partial charge is 0.280 e. The van der Waals surface area contributed by atoms with Crippen molar-refractivity contribution in [1.29, 1.82) is 0 Å². The molecule has 1 aromatic rings. The molecule has 0 aliphatic rings. The van der Waals surface area contributed by atoms with Crippen LogP contribution >= 0.6 is 21.7 Å². The average Bonchev–Trinajstić information content (AvgIpc) is 2.04. The highest BCUT2D eigenvalue weighted by Crippen LogP contribution is 2.18. The predicted molar refractivity (Wildman–Crippen MR) is 49.0 cm³/mol. The fourth-order valence-electron chi connectivity index (χ4n) is 0.843. The van der Waals surface area contributed by atoms with Crippen LogP contribution in [-0.4, -0.2) is 5.12 Å². The van der Waals surface area contributed by atoms with Gasteiger partial charge in [0.25, 0.3) is 0 Å². The van der Waals surface area contributed by atoms with E-state index in [0.717, 1.165) is 16.5 Å². The van der Waals surface area contributed by atoms with Gasteiger partial charge in [-0.2, -0.15) is 0 Å². The summed E-state index contributed by atoms with van der Waals surface area (Å²) in [5.41, 5.74) is 1.65. The zero-order valence-electron chi connectivity index (χ0n) is 6.00. The average molecular weight is 187 g/mol. The van der Waals surface area contributed by atoms with Crippen LogP contribution in [0.1, 0.15) is 15.9 Å². The normalized spacial score (nSPS) is 9.64. The molecule has 11 heavy (non-hydrogen) atoms. The maximum Gasteiger partial charge on any atom is 0.234 e. The van der Waals surface area contributed by atoms with Gasteiger partial charge in [0, 0.05) is 16.5 Å². The summed E-state index contributed by atoms with van der Waals surface area (Å²) in [6.45, 7) is 1.89. The van der Waals surface area contributed by atoms with E-state index >= 15 is 0 Å². The molecular formula is C8H7ClOS. The van der Waals surface area contributed by atoms with E-state index in [9.17, 15) is 4.79 Å². The number of hydrogen-bond acceptors (Lipinski definition) is 2. The van der Waals surface area contributed by atoms with E-state index in [4.69, 9.17) is 10.7 Å². The van der Waals surface area contributed by atoms with Gasteiger partial charge < -0.3 is 0 Å². The number of benzene rings is 1. The summed E-state index contributed by atoms with van der Waals surface area (Å²) in [5.74, 6) is 0. The molecule has 1 nitrogen and oxygen atoms in total. The van der Waals surface area contributed by atoms with E-state index in [0.29, 0.717) is 5.56 Å². The zero-order chi connectivity index (χ0) is 8.27. The van der Waals surface area contributed by atoms with Crippen LogP contribution in [0.5, 0.6) is 0 Å². The molecule has 0 saturated heterocycles. The smallest absolute Gasteiger partial charge is 0.234 e. The predicted octanol–water partition coefficient (Wildman–Crippen LogP) is 3.02. The van der Waals surface area contributed by atoms with Crippen molar-refractivity contribution in [2.75, 3.05) is 0 Å². The maximum absolute atomic E-state index is 11.1. The molecule has 0 aromatic heterocycles. The van der Waals surface area contributed by atoms with Gasteiger partial charge in [0.15, 0.2) is 0 Å². The molecule has 0 spiro atoms. The van der Waals surface area contributed by atoms with Crippen LogP contribution in [-0.2, 0) is 0 Å². The Morgan fingerprint density at radius 2 is 2.09 bits per heavy atom. The summed E-state index contributed by atoms with van der Waals surface area (Å²) in [5, 5.41) is -0.0928. The van der Waals surface area contributed by atoms with Gasteiger partial charge in [-0.3, -0.25) is 4.79 Å². The highest BCUT2D eigenvalue weighted by atomic mass is 35.7. The lowest BCUT2D eigenvalue weighted by molar-refractivity contribution is 0.109. The van der Waals surface area contributed by atoms with Gasteiger partial charge in [-0.25, -0.2) is 0 Å². The Balaban J connectivity index is 3.03.